The van der Waals surface area contributed by atoms with E-state index in [-0.39, 0.29) is 11.7 Å². The maximum absolute atomic E-state index is 10.9. The monoisotopic (exact) mass is 218 g/mol. The highest BCUT2D eigenvalue weighted by molar-refractivity contribution is 7.79. The predicted molar refractivity (Wildman–Crippen MR) is 55.3 cm³/mol. The highest BCUT2D eigenvalue weighted by Crippen LogP contribution is 2.40. The highest BCUT2D eigenvalue weighted by atomic mass is 32.2. The third kappa shape index (κ3) is 2.35. The molecule has 14 heavy (non-hydrogen) atoms. The molecule has 0 N–H and O–H groups in total. The lowest BCUT2D eigenvalue weighted by atomic mass is 9.81. The van der Waals surface area contributed by atoms with Crippen molar-refractivity contribution in [2.45, 2.75) is 50.2 Å². The van der Waals surface area contributed by atoms with Crippen molar-refractivity contribution >= 4 is 11.1 Å². The first-order valence-corrected chi connectivity index (χ1v) is 6.83. The van der Waals surface area contributed by atoms with E-state index in [1.807, 2.05) is 0 Å². The van der Waals surface area contributed by atoms with E-state index in [0.29, 0.717) is 0 Å². The van der Waals surface area contributed by atoms with Gasteiger partial charge in [-0.25, -0.2) is 4.21 Å². The summed E-state index contributed by atoms with van der Waals surface area (Å²) in [6.07, 6.45) is 8.34. The summed E-state index contributed by atoms with van der Waals surface area (Å²) in [5.74, 6) is 0. The van der Waals surface area contributed by atoms with Crippen LogP contribution in [0.4, 0.5) is 0 Å². The zero-order chi connectivity index (χ0) is 10.0. The Morgan fingerprint density at radius 1 is 1.36 bits per heavy atom. The normalized spacial score (nSPS) is 40.2. The van der Waals surface area contributed by atoms with Crippen LogP contribution in [0.1, 0.15) is 38.5 Å². The third-order valence-electron chi connectivity index (χ3n) is 3.30. The Hall–Kier alpha value is 0.0700. The topological polar surface area (TPSA) is 35.5 Å². The van der Waals surface area contributed by atoms with Gasteiger partial charge in [0.25, 0.3) is 0 Å². The van der Waals surface area contributed by atoms with Gasteiger partial charge < -0.3 is 4.74 Å². The Morgan fingerprint density at radius 2 is 2.07 bits per heavy atom. The van der Waals surface area contributed by atoms with Gasteiger partial charge in [0.05, 0.1) is 11.7 Å². The summed E-state index contributed by atoms with van der Waals surface area (Å²) >= 11 is -1.12. The van der Waals surface area contributed by atoms with Gasteiger partial charge in [0.2, 0.25) is 0 Å². The Kier molecular flexibility index (Phi) is 3.24. The summed E-state index contributed by atoms with van der Waals surface area (Å²) in [5, 5.41) is 0. The zero-order valence-corrected chi connectivity index (χ0v) is 9.48. The Morgan fingerprint density at radius 3 is 2.57 bits per heavy atom. The minimum absolute atomic E-state index is 0.162. The minimum atomic E-state index is -1.12. The van der Waals surface area contributed by atoms with Gasteiger partial charge in [-0.2, -0.15) is 0 Å². The summed E-state index contributed by atoms with van der Waals surface area (Å²) in [5.41, 5.74) is 0.162. The summed E-state index contributed by atoms with van der Waals surface area (Å²) in [7, 11) is 0. The molecule has 0 amide bonds. The maximum atomic E-state index is 10.9. The van der Waals surface area contributed by atoms with Crippen molar-refractivity contribution in [3.63, 3.8) is 0 Å². The van der Waals surface area contributed by atoms with Crippen molar-refractivity contribution in [1.29, 1.82) is 0 Å². The second-order valence-corrected chi connectivity index (χ2v) is 5.33. The second-order valence-electron chi connectivity index (χ2n) is 4.33. The van der Waals surface area contributed by atoms with Crippen molar-refractivity contribution in [3.05, 3.63) is 0 Å². The van der Waals surface area contributed by atoms with E-state index >= 15 is 0 Å². The van der Waals surface area contributed by atoms with Crippen molar-refractivity contribution in [1.82, 2.24) is 0 Å². The molecule has 82 valence electrons. The van der Waals surface area contributed by atoms with Crippen LogP contribution in [0.3, 0.4) is 0 Å². The standard InChI is InChI=1S/C10H18O3S/c1-14(11)13-9-3-6-10(7-4-9)5-2-8-12-10/h9H,2-8H2,1H3. The first kappa shape index (κ1) is 10.6. The quantitative estimate of drug-likeness (QED) is 0.709. The number of rotatable bonds is 2. The molecule has 1 heterocycles. The molecule has 0 bridgehead atoms. The second kappa shape index (κ2) is 4.29. The molecule has 2 aliphatic rings. The van der Waals surface area contributed by atoms with Gasteiger partial charge in [-0.15, -0.1) is 0 Å². The van der Waals surface area contributed by atoms with Crippen molar-refractivity contribution in [3.8, 4) is 0 Å². The first-order valence-electron chi connectivity index (χ1n) is 5.35. The fourth-order valence-corrected chi connectivity index (χ4v) is 3.13. The Labute approximate surface area is 87.8 Å². The van der Waals surface area contributed by atoms with Gasteiger partial charge >= 0.3 is 0 Å². The molecule has 0 radical (unpaired) electrons. The van der Waals surface area contributed by atoms with Gasteiger partial charge in [-0.05, 0) is 38.5 Å². The van der Waals surface area contributed by atoms with Crippen molar-refractivity contribution in [2.24, 2.45) is 0 Å². The highest BCUT2D eigenvalue weighted by Gasteiger charge is 2.39. The van der Waals surface area contributed by atoms with Crippen LogP contribution < -0.4 is 0 Å². The molecule has 0 aromatic heterocycles. The van der Waals surface area contributed by atoms with Crippen LogP contribution >= 0.6 is 0 Å². The summed E-state index contributed by atoms with van der Waals surface area (Å²) in [6, 6.07) is 0. The fourth-order valence-electron chi connectivity index (χ4n) is 2.55. The van der Waals surface area contributed by atoms with Gasteiger partial charge in [-0.1, -0.05) is 0 Å². The van der Waals surface area contributed by atoms with Crippen LogP contribution in [0.25, 0.3) is 0 Å². The molecule has 0 aromatic rings. The van der Waals surface area contributed by atoms with Crippen LogP contribution in [-0.4, -0.2) is 28.8 Å². The molecule has 1 saturated heterocycles. The van der Waals surface area contributed by atoms with Gasteiger partial charge in [0.15, 0.2) is 11.1 Å². The molecule has 3 nitrogen and oxygen atoms in total. The largest absolute Gasteiger partial charge is 0.375 e. The van der Waals surface area contributed by atoms with Crippen LogP contribution in [0.15, 0.2) is 0 Å². The van der Waals surface area contributed by atoms with Crippen LogP contribution in [0.2, 0.25) is 0 Å². The lowest BCUT2D eigenvalue weighted by Crippen LogP contribution is -2.36. The molecule has 2 rings (SSSR count). The summed E-state index contributed by atoms with van der Waals surface area (Å²) in [4.78, 5) is 0. The molecule has 1 aliphatic carbocycles. The molecule has 2 fully saturated rings. The molecule has 4 heteroatoms. The lowest BCUT2D eigenvalue weighted by Gasteiger charge is -2.35. The van der Waals surface area contributed by atoms with E-state index < -0.39 is 11.1 Å². The number of ether oxygens (including phenoxy) is 1. The Bertz CT molecular complexity index is 213. The van der Waals surface area contributed by atoms with E-state index in [1.165, 1.54) is 12.8 Å². The smallest absolute Gasteiger partial charge is 0.152 e. The molecule has 1 aliphatic heterocycles. The van der Waals surface area contributed by atoms with Crippen molar-refractivity contribution < 1.29 is 13.1 Å². The van der Waals surface area contributed by atoms with E-state index in [0.717, 1.165) is 32.3 Å². The van der Waals surface area contributed by atoms with E-state index in [1.54, 1.807) is 6.26 Å². The van der Waals surface area contributed by atoms with Gasteiger partial charge in [0, 0.05) is 12.9 Å². The molecule has 1 unspecified atom stereocenters. The van der Waals surface area contributed by atoms with E-state index in [4.69, 9.17) is 8.92 Å². The summed E-state index contributed by atoms with van der Waals surface area (Å²) < 4.78 is 22.0. The third-order valence-corrected chi connectivity index (χ3v) is 3.84. The lowest BCUT2D eigenvalue weighted by molar-refractivity contribution is -0.0446. The van der Waals surface area contributed by atoms with E-state index in [9.17, 15) is 4.21 Å². The average molecular weight is 218 g/mol. The first-order chi connectivity index (χ1) is 6.70. The average Bonchev–Trinajstić information content (AvgIpc) is 2.58. The molecule has 1 atom stereocenters. The summed E-state index contributed by atoms with van der Waals surface area (Å²) in [6.45, 7) is 0.922. The molecule has 1 spiro atoms. The van der Waals surface area contributed by atoms with Crippen molar-refractivity contribution in [2.75, 3.05) is 12.9 Å². The van der Waals surface area contributed by atoms with Gasteiger partial charge in [-0.3, -0.25) is 4.18 Å². The van der Waals surface area contributed by atoms with Crippen LogP contribution in [0.5, 0.6) is 0 Å². The van der Waals surface area contributed by atoms with Gasteiger partial charge in [0.1, 0.15) is 0 Å². The van der Waals surface area contributed by atoms with E-state index in [2.05, 4.69) is 0 Å². The molecule has 1 saturated carbocycles. The van der Waals surface area contributed by atoms with Crippen LogP contribution in [0, 0.1) is 0 Å². The Balaban J connectivity index is 1.82. The fraction of sp³-hybridized carbons (Fsp3) is 1.00. The zero-order valence-electron chi connectivity index (χ0n) is 8.66. The minimum Gasteiger partial charge on any atom is -0.375 e. The number of hydrogen-bond donors (Lipinski definition) is 0. The molecular weight excluding hydrogens is 200 g/mol. The molecular formula is C10H18O3S. The maximum Gasteiger partial charge on any atom is 0.152 e. The SMILES string of the molecule is CS(=O)OC1CCC2(CCCO2)CC1. The number of hydrogen-bond acceptors (Lipinski definition) is 3. The molecule has 0 aromatic carbocycles. The van der Waals surface area contributed by atoms with Crippen LogP contribution in [-0.2, 0) is 20.0 Å². The predicted octanol–water partition coefficient (Wildman–Crippen LogP) is 1.79.